The molecule has 0 spiro atoms. The van der Waals surface area contributed by atoms with Crippen molar-refractivity contribution in [2.24, 2.45) is 0 Å². The maximum Gasteiger partial charge on any atom is 0.243 e. The first-order chi connectivity index (χ1) is 16.0. The summed E-state index contributed by atoms with van der Waals surface area (Å²) in [5.41, 5.74) is 2.68. The molecule has 0 aromatic heterocycles. The van der Waals surface area contributed by atoms with Gasteiger partial charge in [-0.15, -0.1) is 0 Å². The van der Waals surface area contributed by atoms with E-state index < -0.39 is 6.04 Å². The maximum atomic E-state index is 13.5. The van der Waals surface area contributed by atoms with E-state index in [1.807, 2.05) is 67.6 Å². The highest BCUT2D eigenvalue weighted by molar-refractivity contribution is 6.36. The molecule has 0 unspecified atom stereocenters. The molecule has 0 radical (unpaired) electrons. The van der Waals surface area contributed by atoms with E-state index in [0.717, 1.165) is 11.1 Å². The van der Waals surface area contributed by atoms with Crippen LogP contribution in [0.4, 0.5) is 0 Å². The van der Waals surface area contributed by atoms with Crippen molar-refractivity contribution in [3.63, 3.8) is 0 Å². The molecule has 3 aromatic carbocycles. The monoisotopic (exact) mass is 482 g/mol. The zero-order chi connectivity index (χ0) is 23.6. The van der Waals surface area contributed by atoms with E-state index in [4.69, 9.17) is 23.2 Å². The highest BCUT2D eigenvalue weighted by Crippen LogP contribution is 2.27. The van der Waals surface area contributed by atoms with Gasteiger partial charge in [-0.1, -0.05) is 89.9 Å². The van der Waals surface area contributed by atoms with Gasteiger partial charge >= 0.3 is 0 Å². The maximum absolute atomic E-state index is 13.5. The van der Waals surface area contributed by atoms with Gasteiger partial charge in [0.1, 0.15) is 6.04 Å². The number of amides is 2. The van der Waals surface area contributed by atoms with Crippen LogP contribution in [-0.2, 0) is 29.0 Å². The van der Waals surface area contributed by atoms with Crippen LogP contribution in [0.2, 0.25) is 10.0 Å². The van der Waals surface area contributed by atoms with Gasteiger partial charge in [-0.25, -0.2) is 0 Å². The van der Waals surface area contributed by atoms with Crippen molar-refractivity contribution >= 4 is 35.0 Å². The minimum atomic E-state index is -0.692. The molecule has 2 amide bonds. The third kappa shape index (κ3) is 7.08. The lowest BCUT2D eigenvalue weighted by atomic mass is 10.0. The molecule has 4 nitrogen and oxygen atoms in total. The van der Waals surface area contributed by atoms with Gasteiger partial charge in [-0.05, 0) is 36.6 Å². The topological polar surface area (TPSA) is 49.4 Å². The molecular weight excluding hydrogens is 455 g/mol. The third-order valence-corrected chi connectivity index (χ3v) is 6.19. The average Bonchev–Trinajstić information content (AvgIpc) is 2.83. The number of halogens is 2. The van der Waals surface area contributed by atoms with Crippen molar-refractivity contribution in [2.45, 2.75) is 38.8 Å². The number of hydrogen-bond acceptors (Lipinski definition) is 2. The zero-order valence-corrected chi connectivity index (χ0v) is 20.1. The Balaban J connectivity index is 1.93. The summed E-state index contributed by atoms with van der Waals surface area (Å²) in [6.07, 6.45) is 1.25. The van der Waals surface area contributed by atoms with Gasteiger partial charge in [0, 0.05) is 41.5 Å². The Kier molecular flexibility index (Phi) is 9.35. The number of aryl methyl sites for hydroxylation is 1. The Labute approximate surface area is 205 Å². The summed E-state index contributed by atoms with van der Waals surface area (Å²) in [5.74, 6) is -0.320. The number of carbonyl (C=O) groups is 2. The molecule has 0 aliphatic rings. The summed E-state index contributed by atoms with van der Waals surface area (Å²) in [6.45, 7) is 2.49. The van der Waals surface area contributed by atoms with Crippen LogP contribution in [-0.4, -0.2) is 29.3 Å². The molecule has 0 saturated carbocycles. The van der Waals surface area contributed by atoms with Gasteiger partial charge in [0.15, 0.2) is 0 Å². The standard InChI is InChI=1S/C27H28Cl2N2O2/c1-2-30-27(33)25(18-21-12-7-4-8-13-21)31(19-22-23(28)14-9-15-24(22)29)26(32)17-16-20-10-5-3-6-11-20/h3-15,25H,2,16-19H2,1H3,(H,30,33)/t25-/m0/s1. The van der Waals surface area contributed by atoms with E-state index in [9.17, 15) is 9.59 Å². The van der Waals surface area contributed by atoms with Gasteiger partial charge in [-0.2, -0.15) is 0 Å². The summed E-state index contributed by atoms with van der Waals surface area (Å²) in [4.78, 5) is 28.3. The van der Waals surface area contributed by atoms with Crippen molar-refractivity contribution < 1.29 is 9.59 Å². The number of benzene rings is 3. The smallest absolute Gasteiger partial charge is 0.243 e. The Morgan fingerprint density at radius 3 is 2.00 bits per heavy atom. The van der Waals surface area contributed by atoms with E-state index in [-0.39, 0.29) is 24.8 Å². The van der Waals surface area contributed by atoms with E-state index in [1.165, 1.54) is 0 Å². The Hall–Kier alpha value is -2.82. The average molecular weight is 483 g/mol. The normalized spacial score (nSPS) is 11.6. The number of nitrogens with one attached hydrogen (secondary N) is 1. The number of nitrogens with zero attached hydrogens (tertiary/aromatic N) is 1. The Morgan fingerprint density at radius 2 is 1.42 bits per heavy atom. The third-order valence-electron chi connectivity index (χ3n) is 5.48. The number of carbonyl (C=O) groups excluding carboxylic acids is 2. The van der Waals surface area contributed by atoms with Gasteiger partial charge in [0.2, 0.25) is 11.8 Å². The lowest BCUT2D eigenvalue weighted by Crippen LogP contribution is -2.50. The molecule has 0 saturated heterocycles. The SMILES string of the molecule is CCNC(=O)[C@H](Cc1ccccc1)N(Cc1c(Cl)cccc1Cl)C(=O)CCc1ccccc1. The molecule has 1 N–H and O–H groups in total. The van der Waals surface area contributed by atoms with Crippen molar-refractivity contribution in [3.05, 3.63) is 106 Å². The first kappa shape index (κ1) is 24.8. The van der Waals surface area contributed by atoms with Crippen LogP contribution in [0.3, 0.4) is 0 Å². The first-order valence-electron chi connectivity index (χ1n) is 11.1. The van der Waals surface area contributed by atoms with Gasteiger partial charge < -0.3 is 10.2 Å². The van der Waals surface area contributed by atoms with Crippen LogP contribution in [0.15, 0.2) is 78.9 Å². The van der Waals surface area contributed by atoms with Gasteiger partial charge in [-0.3, -0.25) is 9.59 Å². The summed E-state index contributed by atoms with van der Waals surface area (Å²) in [6, 6.07) is 24.1. The Morgan fingerprint density at radius 1 is 0.848 bits per heavy atom. The van der Waals surface area contributed by atoms with E-state index in [2.05, 4.69) is 5.32 Å². The zero-order valence-electron chi connectivity index (χ0n) is 18.6. The van der Waals surface area contributed by atoms with Crippen LogP contribution in [0.1, 0.15) is 30.0 Å². The van der Waals surface area contributed by atoms with Gasteiger partial charge in [0.25, 0.3) is 0 Å². The highest BCUT2D eigenvalue weighted by Gasteiger charge is 2.30. The molecule has 3 rings (SSSR count). The van der Waals surface area contributed by atoms with Crippen molar-refractivity contribution in [3.8, 4) is 0 Å². The predicted molar refractivity (Wildman–Crippen MR) is 134 cm³/mol. The van der Waals surface area contributed by atoms with E-state index >= 15 is 0 Å². The first-order valence-corrected chi connectivity index (χ1v) is 11.8. The van der Waals surface area contributed by atoms with E-state index in [1.54, 1.807) is 23.1 Å². The quantitative estimate of drug-likeness (QED) is 0.402. The predicted octanol–water partition coefficient (Wildman–Crippen LogP) is 5.70. The lowest BCUT2D eigenvalue weighted by Gasteiger charge is -2.32. The molecule has 0 bridgehead atoms. The molecule has 1 atom stereocenters. The largest absolute Gasteiger partial charge is 0.355 e. The van der Waals surface area contributed by atoms with Crippen LogP contribution < -0.4 is 5.32 Å². The minimum Gasteiger partial charge on any atom is -0.355 e. The van der Waals surface area contributed by atoms with E-state index in [0.29, 0.717) is 35.0 Å². The molecule has 6 heteroatoms. The molecule has 3 aromatic rings. The van der Waals surface area contributed by atoms with Gasteiger partial charge in [0.05, 0.1) is 0 Å². The van der Waals surface area contributed by atoms with Crippen LogP contribution >= 0.6 is 23.2 Å². The van der Waals surface area contributed by atoms with Crippen molar-refractivity contribution in [1.29, 1.82) is 0 Å². The molecule has 0 fully saturated rings. The second kappa shape index (κ2) is 12.4. The summed E-state index contributed by atoms with van der Waals surface area (Å²) in [7, 11) is 0. The minimum absolute atomic E-state index is 0.123. The van der Waals surface area contributed by atoms with Crippen LogP contribution in [0.5, 0.6) is 0 Å². The highest BCUT2D eigenvalue weighted by atomic mass is 35.5. The fourth-order valence-electron chi connectivity index (χ4n) is 3.74. The molecular formula is C27H28Cl2N2O2. The van der Waals surface area contributed by atoms with Crippen molar-refractivity contribution in [2.75, 3.05) is 6.54 Å². The van der Waals surface area contributed by atoms with Crippen LogP contribution in [0, 0.1) is 0 Å². The second-order valence-electron chi connectivity index (χ2n) is 7.81. The molecule has 0 aliphatic carbocycles. The molecule has 172 valence electrons. The molecule has 33 heavy (non-hydrogen) atoms. The van der Waals surface area contributed by atoms with Crippen LogP contribution in [0.25, 0.3) is 0 Å². The molecule has 0 heterocycles. The lowest BCUT2D eigenvalue weighted by molar-refractivity contribution is -0.141. The summed E-state index contributed by atoms with van der Waals surface area (Å²) in [5, 5.41) is 3.83. The number of rotatable bonds is 10. The van der Waals surface area contributed by atoms with Crippen molar-refractivity contribution in [1.82, 2.24) is 10.2 Å². The number of likely N-dealkylation sites (N-methyl/N-ethyl adjacent to an activating group) is 1. The Bertz CT molecular complexity index is 1040. The second-order valence-corrected chi connectivity index (χ2v) is 8.62. The number of hydrogen-bond donors (Lipinski definition) is 1. The fourth-order valence-corrected chi connectivity index (χ4v) is 4.26. The summed E-state index contributed by atoms with van der Waals surface area (Å²) >= 11 is 12.9. The molecule has 0 aliphatic heterocycles. The summed E-state index contributed by atoms with van der Waals surface area (Å²) < 4.78 is 0. The fraction of sp³-hybridized carbons (Fsp3) is 0.259.